The number of rotatable bonds is 3. The van der Waals surface area contributed by atoms with Crippen molar-refractivity contribution < 1.29 is 0 Å². The third-order valence-corrected chi connectivity index (χ3v) is 4.60. The number of aryl methyl sites for hydroxylation is 2. The van der Waals surface area contributed by atoms with Gasteiger partial charge in [-0.3, -0.25) is 4.68 Å². The Morgan fingerprint density at radius 1 is 1.50 bits per heavy atom. The summed E-state index contributed by atoms with van der Waals surface area (Å²) in [4.78, 5) is 0. The molecule has 0 aliphatic carbocycles. The van der Waals surface area contributed by atoms with E-state index < -0.39 is 0 Å². The van der Waals surface area contributed by atoms with Gasteiger partial charge >= 0.3 is 0 Å². The molecule has 1 aliphatic heterocycles. The Balaban J connectivity index is 1.93. The minimum absolute atomic E-state index is 0.692. The van der Waals surface area contributed by atoms with Crippen LogP contribution in [0.4, 0.5) is 0 Å². The van der Waals surface area contributed by atoms with Crippen molar-refractivity contribution >= 4 is 11.8 Å². The van der Waals surface area contributed by atoms with Crippen LogP contribution >= 0.6 is 11.8 Å². The van der Waals surface area contributed by atoms with Gasteiger partial charge in [0.25, 0.3) is 0 Å². The van der Waals surface area contributed by atoms with Gasteiger partial charge in [-0.1, -0.05) is 0 Å². The summed E-state index contributed by atoms with van der Waals surface area (Å²) in [5.74, 6) is 2.60. The molecule has 16 heavy (non-hydrogen) atoms. The van der Waals surface area contributed by atoms with Crippen LogP contribution in [0.2, 0.25) is 0 Å². The van der Waals surface area contributed by atoms with Crippen LogP contribution in [0, 0.1) is 13.8 Å². The second-order valence-corrected chi connectivity index (χ2v) is 5.72. The first-order valence-corrected chi connectivity index (χ1v) is 7.14. The fourth-order valence-corrected chi connectivity index (χ4v) is 3.33. The zero-order chi connectivity index (χ0) is 11.5. The van der Waals surface area contributed by atoms with Crippen LogP contribution in [0.1, 0.15) is 29.8 Å². The number of nitrogens with one attached hydrogen (secondary N) is 1. The molecule has 0 saturated carbocycles. The van der Waals surface area contributed by atoms with E-state index in [0.717, 1.165) is 12.2 Å². The van der Waals surface area contributed by atoms with Crippen LogP contribution in [0.5, 0.6) is 0 Å². The van der Waals surface area contributed by atoms with Crippen molar-refractivity contribution in [3.05, 3.63) is 17.0 Å². The Labute approximate surface area is 102 Å². The zero-order valence-electron chi connectivity index (χ0n) is 10.4. The highest BCUT2D eigenvalue weighted by atomic mass is 32.2. The van der Waals surface area contributed by atoms with E-state index in [4.69, 9.17) is 0 Å². The standard InChI is InChI=1S/C12H21N3S/c1-9-12(10(2)15(3)14-9)7-13-11-5-4-6-16-8-11/h11,13H,4-8H2,1-3H3. The van der Waals surface area contributed by atoms with Gasteiger partial charge in [-0.05, 0) is 32.4 Å². The van der Waals surface area contributed by atoms with Crippen molar-refractivity contribution in [2.75, 3.05) is 11.5 Å². The minimum Gasteiger partial charge on any atom is -0.309 e. The molecule has 0 bridgehead atoms. The first kappa shape index (κ1) is 12.0. The summed E-state index contributed by atoms with van der Waals surface area (Å²) in [7, 11) is 2.02. The number of hydrogen-bond acceptors (Lipinski definition) is 3. The van der Waals surface area contributed by atoms with E-state index in [1.807, 2.05) is 11.7 Å². The molecule has 1 fully saturated rings. The highest BCUT2D eigenvalue weighted by molar-refractivity contribution is 7.99. The summed E-state index contributed by atoms with van der Waals surface area (Å²) in [5, 5.41) is 8.10. The van der Waals surface area contributed by atoms with Crippen LogP contribution < -0.4 is 5.32 Å². The van der Waals surface area contributed by atoms with Gasteiger partial charge in [0.15, 0.2) is 0 Å². The van der Waals surface area contributed by atoms with Crippen molar-refractivity contribution in [1.29, 1.82) is 0 Å². The third-order valence-electron chi connectivity index (χ3n) is 3.39. The van der Waals surface area contributed by atoms with Crippen molar-refractivity contribution in [3.63, 3.8) is 0 Å². The number of nitrogens with zero attached hydrogens (tertiary/aromatic N) is 2. The van der Waals surface area contributed by atoms with Crippen LogP contribution in [-0.4, -0.2) is 27.3 Å². The molecule has 4 heteroatoms. The lowest BCUT2D eigenvalue weighted by Gasteiger charge is -2.22. The molecule has 1 saturated heterocycles. The van der Waals surface area contributed by atoms with Gasteiger partial charge in [-0.25, -0.2) is 0 Å². The molecule has 1 atom stereocenters. The fourth-order valence-electron chi connectivity index (χ4n) is 2.22. The smallest absolute Gasteiger partial charge is 0.0641 e. The lowest BCUT2D eigenvalue weighted by atomic mass is 10.1. The molecule has 0 spiro atoms. The maximum absolute atomic E-state index is 4.45. The van der Waals surface area contributed by atoms with Crippen molar-refractivity contribution in [2.45, 2.75) is 39.3 Å². The molecule has 2 rings (SSSR count). The lowest BCUT2D eigenvalue weighted by molar-refractivity contribution is 0.506. The van der Waals surface area contributed by atoms with E-state index in [9.17, 15) is 0 Å². The Kier molecular flexibility index (Phi) is 3.92. The summed E-state index contributed by atoms with van der Waals surface area (Å²) >= 11 is 2.07. The highest BCUT2D eigenvalue weighted by Gasteiger charge is 2.15. The SMILES string of the molecule is Cc1nn(C)c(C)c1CNC1CCCSC1. The first-order chi connectivity index (χ1) is 7.68. The molecule has 0 radical (unpaired) electrons. The van der Waals surface area contributed by atoms with Gasteiger partial charge in [0.05, 0.1) is 5.69 Å². The van der Waals surface area contributed by atoms with E-state index in [2.05, 4.69) is 36.0 Å². The second-order valence-electron chi connectivity index (χ2n) is 4.57. The Morgan fingerprint density at radius 2 is 2.31 bits per heavy atom. The predicted molar refractivity (Wildman–Crippen MR) is 69.9 cm³/mol. The zero-order valence-corrected chi connectivity index (χ0v) is 11.2. The molecule has 2 heterocycles. The average molecular weight is 239 g/mol. The van der Waals surface area contributed by atoms with Gasteiger partial charge in [0.1, 0.15) is 0 Å². The fraction of sp³-hybridized carbons (Fsp3) is 0.750. The number of hydrogen-bond donors (Lipinski definition) is 1. The molecule has 1 aliphatic rings. The first-order valence-electron chi connectivity index (χ1n) is 5.98. The maximum Gasteiger partial charge on any atom is 0.0641 e. The number of thioether (sulfide) groups is 1. The monoisotopic (exact) mass is 239 g/mol. The molecular weight excluding hydrogens is 218 g/mol. The van der Waals surface area contributed by atoms with E-state index in [0.29, 0.717) is 6.04 Å². The minimum atomic E-state index is 0.692. The van der Waals surface area contributed by atoms with Crippen LogP contribution in [-0.2, 0) is 13.6 Å². The average Bonchev–Trinajstić information content (AvgIpc) is 2.53. The Morgan fingerprint density at radius 3 is 2.88 bits per heavy atom. The summed E-state index contributed by atoms with van der Waals surface area (Å²) in [6, 6.07) is 0.692. The molecule has 0 amide bonds. The lowest BCUT2D eigenvalue weighted by Crippen LogP contribution is -2.33. The molecule has 1 aromatic rings. The van der Waals surface area contributed by atoms with Crippen molar-refractivity contribution in [2.24, 2.45) is 7.05 Å². The normalized spacial score (nSPS) is 21.3. The van der Waals surface area contributed by atoms with Crippen molar-refractivity contribution in [1.82, 2.24) is 15.1 Å². The summed E-state index contributed by atoms with van der Waals surface area (Å²) < 4.78 is 1.97. The maximum atomic E-state index is 4.45. The molecular formula is C12H21N3S. The quantitative estimate of drug-likeness (QED) is 0.875. The Bertz CT molecular complexity index is 353. The van der Waals surface area contributed by atoms with Crippen LogP contribution in [0.3, 0.4) is 0 Å². The van der Waals surface area contributed by atoms with E-state index in [-0.39, 0.29) is 0 Å². The van der Waals surface area contributed by atoms with Gasteiger partial charge in [0.2, 0.25) is 0 Å². The van der Waals surface area contributed by atoms with Gasteiger partial charge in [0, 0.05) is 36.6 Å². The molecule has 1 unspecified atom stereocenters. The largest absolute Gasteiger partial charge is 0.309 e. The summed E-state index contributed by atoms with van der Waals surface area (Å²) in [6.45, 7) is 5.21. The van der Waals surface area contributed by atoms with Gasteiger partial charge in [-0.15, -0.1) is 0 Å². The predicted octanol–water partition coefficient (Wildman–Crippen LogP) is 2.02. The third kappa shape index (κ3) is 2.61. The molecule has 90 valence electrons. The van der Waals surface area contributed by atoms with Crippen LogP contribution in [0.15, 0.2) is 0 Å². The van der Waals surface area contributed by atoms with Gasteiger partial charge in [-0.2, -0.15) is 16.9 Å². The van der Waals surface area contributed by atoms with E-state index in [1.54, 1.807) is 0 Å². The highest BCUT2D eigenvalue weighted by Crippen LogP contribution is 2.18. The molecule has 3 nitrogen and oxygen atoms in total. The Hall–Kier alpha value is -0.480. The molecule has 1 aromatic heterocycles. The van der Waals surface area contributed by atoms with E-state index >= 15 is 0 Å². The molecule has 1 N–H and O–H groups in total. The van der Waals surface area contributed by atoms with E-state index in [1.165, 1.54) is 35.6 Å². The summed E-state index contributed by atoms with van der Waals surface area (Å²) in [6.07, 6.45) is 2.68. The van der Waals surface area contributed by atoms with Crippen molar-refractivity contribution in [3.8, 4) is 0 Å². The van der Waals surface area contributed by atoms with Crippen LogP contribution in [0.25, 0.3) is 0 Å². The topological polar surface area (TPSA) is 29.9 Å². The van der Waals surface area contributed by atoms with Gasteiger partial charge < -0.3 is 5.32 Å². The molecule has 0 aromatic carbocycles. The summed E-state index contributed by atoms with van der Waals surface area (Å²) in [5.41, 5.74) is 3.82. The number of aromatic nitrogens is 2. The second kappa shape index (κ2) is 5.23.